The summed E-state index contributed by atoms with van der Waals surface area (Å²) in [5.41, 5.74) is 8.40. The van der Waals surface area contributed by atoms with Gasteiger partial charge in [-0.05, 0) is 37.9 Å². The van der Waals surface area contributed by atoms with E-state index in [0.717, 1.165) is 37.1 Å². The molecule has 4 rings (SSSR count). The van der Waals surface area contributed by atoms with E-state index < -0.39 is 0 Å². The molecule has 0 bridgehead atoms. The van der Waals surface area contributed by atoms with Crippen molar-refractivity contribution in [3.63, 3.8) is 0 Å². The van der Waals surface area contributed by atoms with Gasteiger partial charge in [-0.25, -0.2) is 9.97 Å². The number of aromatic nitrogens is 3. The molecular weight excluding hydrogens is 410 g/mol. The molecule has 1 aliphatic rings. The molecule has 5 N–H and O–H groups in total. The minimum absolute atomic E-state index is 0.0431. The minimum atomic E-state index is -0.336. The van der Waals surface area contributed by atoms with Gasteiger partial charge in [0, 0.05) is 30.8 Å². The first-order valence-corrected chi connectivity index (χ1v) is 10.4. The van der Waals surface area contributed by atoms with Gasteiger partial charge in [0.25, 0.3) is 11.8 Å². The smallest absolute Gasteiger partial charge is 0.274 e. The van der Waals surface area contributed by atoms with Crippen molar-refractivity contribution < 1.29 is 14.1 Å². The minimum Gasteiger partial charge on any atom is -0.382 e. The van der Waals surface area contributed by atoms with Gasteiger partial charge in [-0.3, -0.25) is 9.59 Å². The van der Waals surface area contributed by atoms with E-state index in [-0.39, 0.29) is 35.1 Å². The van der Waals surface area contributed by atoms with Crippen molar-refractivity contribution in [1.29, 1.82) is 0 Å². The molecule has 3 aromatic rings. The molecule has 0 unspecified atom stereocenters. The van der Waals surface area contributed by atoms with Crippen LogP contribution < -0.4 is 21.7 Å². The van der Waals surface area contributed by atoms with Crippen LogP contribution in [-0.4, -0.2) is 46.1 Å². The molecule has 1 aliphatic heterocycles. The Hall–Kier alpha value is -3.79. The summed E-state index contributed by atoms with van der Waals surface area (Å²) in [5.74, 6) is -0.00688. The Morgan fingerprint density at radius 2 is 2.16 bits per heavy atom. The Bertz CT molecular complexity index is 1120. The molecular formula is C22H25N7O3. The topological polar surface area (TPSA) is 148 Å². The van der Waals surface area contributed by atoms with E-state index in [4.69, 9.17) is 10.3 Å². The summed E-state index contributed by atoms with van der Waals surface area (Å²) in [4.78, 5) is 33.5. The largest absolute Gasteiger partial charge is 0.382 e. The van der Waals surface area contributed by atoms with Crippen molar-refractivity contribution in [3.8, 4) is 11.3 Å². The second kappa shape index (κ2) is 9.56. The first-order chi connectivity index (χ1) is 15.5. The van der Waals surface area contributed by atoms with Gasteiger partial charge in [0.1, 0.15) is 5.76 Å². The van der Waals surface area contributed by atoms with Crippen LogP contribution in [0.25, 0.3) is 11.3 Å². The maximum atomic E-state index is 12.7. The zero-order chi connectivity index (χ0) is 22.5. The summed E-state index contributed by atoms with van der Waals surface area (Å²) in [6, 6.07) is 9.09. The number of carbonyl (C=O) groups is 2. The standard InChI is InChI=1S/C22H25N7O3/c1-13-8-17(29-32-13)21(30)26-10-14-4-2-5-15(9-14)18-12-25-20(23)19(28-18)22(31)27-16-6-3-7-24-11-16/h2,4-5,8-9,12,16,24H,3,6-7,10-11H2,1H3,(H2,23,25)(H,26,30)(H,27,31)/t16-/m0/s1. The van der Waals surface area contributed by atoms with E-state index in [1.807, 2.05) is 24.3 Å². The first-order valence-electron chi connectivity index (χ1n) is 10.4. The summed E-state index contributed by atoms with van der Waals surface area (Å²) in [7, 11) is 0. The lowest BCUT2D eigenvalue weighted by Gasteiger charge is -2.23. The number of hydrogen-bond acceptors (Lipinski definition) is 8. The maximum Gasteiger partial charge on any atom is 0.274 e. The van der Waals surface area contributed by atoms with Crippen LogP contribution in [0.15, 0.2) is 41.1 Å². The predicted molar refractivity (Wildman–Crippen MR) is 118 cm³/mol. The van der Waals surface area contributed by atoms with Crippen molar-refractivity contribution in [1.82, 2.24) is 31.1 Å². The summed E-state index contributed by atoms with van der Waals surface area (Å²) in [6.07, 6.45) is 3.45. The molecule has 3 heterocycles. The zero-order valence-electron chi connectivity index (χ0n) is 17.7. The van der Waals surface area contributed by atoms with Crippen LogP contribution >= 0.6 is 0 Å². The monoisotopic (exact) mass is 435 g/mol. The number of nitrogen functional groups attached to an aromatic ring is 1. The van der Waals surface area contributed by atoms with E-state index in [1.54, 1.807) is 13.0 Å². The third kappa shape index (κ3) is 5.09. The third-order valence-corrected chi connectivity index (χ3v) is 5.18. The summed E-state index contributed by atoms with van der Waals surface area (Å²) < 4.78 is 4.93. The van der Waals surface area contributed by atoms with E-state index in [0.29, 0.717) is 18.0 Å². The Balaban J connectivity index is 1.46. The van der Waals surface area contributed by atoms with Crippen molar-refractivity contribution in [3.05, 3.63) is 59.2 Å². The quantitative estimate of drug-likeness (QED) is 0.454. The molecule has 1 atom stereocenters. The number of amides is 2. The predicted octanol–water partition coefficient (Wildman–Crippen LogP) is 1.43. The number of rotatable bonds is 6. The van der Waals surface area contributed by atoms with Crippen LogP contribution in [-0.2, 0) is 6.54 Å². The lowest BCUT2D eigenvalue weighted by molar-refractivity contribution is 0.0922. The molecule has 166 valence electrons. The second-order valence-corrected chi connectivity index (χ2v) is 7.71. The number of anilines is 1. The first kappa shape index (κ1) is 21.4. The molecule has 1 aromatic carbocycles. The SMILES string of the molecule is Cc1cc(C(=O)NCc2cccc(-c3cnc(N)c(C(=O)N[C@H]4CCCNC4)n3)c2)no1. The molecule has 0 aliphatic carbocycles. The maximum absolute atomic E-state index is 12.7. The van der Waals surface area contributed by atoms with Gasteiger partial charge in [0.2, 0.25) is 0 Å². The molecule has 2 amide bonds. The summed E-state index contributed by atoms with van der Waals surface area (Å²) >= 11 is 0. The molecule has 10 nitrogen and oxygen atoms in total. The lowest BCUT2D eigenvalue weighted by atomic mass is 10.1. The van der Waals surface area contributed by atoms with Gasteiger partial charge >= 0.3 is 0 Å². The average Bonchev–Trinajstić information content (AvgIpc) is 3.25. The van der Waals surface area contributed by atoms with Gasteiger partial charge < -0.3 is 26.2 Å². The molecule has 0 spiro atoms. The zero-order valence-corrected chi connectivity index (χ0v) is 17.7. The van der Waals surface area contributed by atoms with Crippen LogP contribution in [0.1, 0.15) is 45.1 Å². The highest BCUT2D eigenvalue weighted by Gasteiger charge is 2.20. The summed E-state index contributed by atoms with van der Waals surface area (Å²) in [6.45, 7) is 3.70. The fourth-order valence-corrected chi connectivity index (χ4v) is 3.52. The van der Waals surface area contributed by atoms with Crippen LogP contribution in [0.5, 0.6) is 0 Å². The number of piperidine rings is 1. The van der Waals surface area contributed by atoms with Crippen molar-refractivity contribution in [2.75, 3.05) is 18.8 Å². The van der Waals surface area contributed by atoms with Gasteiger partial charge in [0.05, 0.1) is 11.9 Å². The van der Waals surface area contributed by atoms with Crippen molar-refractivity contribution in [2.24, 2.45) is 0 Å². The van der Waals surface area contributed by atoms with Crippen LogP contribution in [0.4, 0.5) is 5.82 Å². The lowest BCUT2D eigenvalue weighted by Crippen LogP contribution is -2.46. The number of hydrogen-bond donors (Lipinski definition) is 4. The molecule has 2 aromatic heterocycles. The Labute approximate surface area is 185 Å². The highest BCUT2D eigenvalue weighted by atomic mass is 16.5. The number of benzene rings is 1. The second-order valence-electron chi connectivity index (χ2n) is 7.71. The summed E-state index contributed by atoms with van der Waals surface area (Å²) in [5, 5.41) is 12.7. The molecule has 1 fully saturated rings. The number of nitrogens with zero attached hydrogens (tertiary/aromatic N) is 3. The fraction of sp³-hybridized carbons (Fsp3) is 0.318. The van der Waals surface area contributed by atoms with E-state index in [2.05, 4.69) is 31.1 Å². The van der Waals surface area contributed by atoms with E-state index in [1.165, 1.54) is 6.20 Å². The van der Waals surface area contributed by atoms with E-state index >= 15 is 0 Å². The van der Waals surface area contributed by atoms with Crippen LogP contribution in [0, 0.1) is 6.92 Å². The van der Waals surface area contributed by atoms with Gasteiger partial charge in [-0.2, -0.15) is 0 Å². The Morgan fingerprint density at radius 1 is 1.28 bits per heavy atom. The Morgan fingerprint density at radius 3 is 2.91 bits per heavy atom. The van der Waals surface area contributed by atoms with E-state index in [9.17, 15) is 9.59 Å². The number of nitrogens with two attached hydrogens (primary N) is 1. The molecule has 0 radical (unpaired) electrons. The molecule has 1 saturated heterocycles. The van der Waals surface area contributed by atoms with Crippen molar-refractivity contribution in [2.45, 2.75) is 32.4 Å². The van der Waals surface area contributed by atoms with Gasteiger partial charge in [-0.15, -0.1) is 0 Å². The number of nitrogens with one attached hydrogen (secondary N) is 3. The highest BCUT2D eigenvalue weighted by Crippen LogP contribution is 2.20. The number of aryl methyl sites for hydroxylation is 1. The average molecular weight is 435 g/mol. The molecule has 0 saturated carbocycles. The normalized spacial score (nSPS) is 15.8. The molecule has 10 heteroatoms. The third-order valence-electron chi connectivity index (χ3n) is 5.18. The van der Waals surface area contributed by atoms with Gasteiger partial charge in [-0.1, -0.05) is 23.4 Å². The van der Waals surface area contributed by atoms with Crippen LogP contribution in [0.2, 0.25) is 0 Å². The van der Waals surface area contributed by atoms with Gasteiger partial charge in [0.15, 0.2) is 17.2 Å². The molecule has 32 heavy (non-hydrogen) atoms. The Kier molecular flexibility index (Phi) is 6.41. The van der Waals surface area contributed by atoms with Crippen LogP contribution in [0.3, 0.4) is 0 Å². The number of carbonyl (C=O) groups excluding carboxylic acids is 2. The highest BCUT2D eigenvalue weighted by molar-refractivity contribution is 5.97. The fourth-order valence-electron chi connectivity index (χ4n) is 3.52. The van der Waals surface area contributed by atoms with Crippen molar-refractivity contribution >= 4 is 17.6 Å².